The molecule has 7 N–H and O–H groups in total. The minimum Gasteiger partial charge on any atom is -0.404 e. The van der Waals surface area contributed by atoms with Crippen molar-refractivity contribution in [3.8, 4) is 11.1 Å². The number of nitrogens with one attached hydrogen (secondary N) is 1. The number of benzene rings is 2. The molecule has 3 aromatic rings. The second-order valence-corrected chi connectivity index (χ2v) is 6.31. The fourth-order valence-electron chi connectivity index (χ4n) is 2.96. The van der Waals surface area contributed by atoms with Gasteiger partial charge in [-0.15, -0.1) is 0 Å². The lowest BCUT2D eigenvalue weighted by molar-refractivity contribution is -0.119. The first-order chi connectivity index (χ1) is 14.0. The largest absolute Gasteiger partial charge is 0.404 e. The number of hydrogen-bond donors (Lipinski definition) is 4. The van der Waals surface area contributed by atoms with Gasteiger partial charge in [-0.05, 0) is 22.8 Å². The summed E-state index contributed by atoms with van der Waals surface area (Å²) >= 11 is 0. The molecule has 0 bridgehead atoms. The monoisotopic (exact) mass is 387 g/mol. The van der Waals surface area contributed by atoms with E-state index in [0.29, 0.717) is 11.3 Å². The molecule has 0 radical (unpaired) electrons. The summed E-state index contributed by atoms with van der Waals surface area (Å²) in [5.41, 5.74) is 19.8. The molecule has 146 valence electrons. The van der Waals surface area contributed by atoms with E-state index in [1.165, 1.54) is 0 Å². The summed E-state index contributed by atoms with van der Waals surface area (Å²) in [6.45, 7) is 0. The van der Waals surface area contributed by atoms with E-state index >= 15 is 0 Å². The van der Waals surface area contributed by atoms with E-state index in [2.05, 4.69) is 9.98 Å². The van der Waals surface area contributed by atoms with Gasteiger partial charge in [0.25, 0.3) is 5.91 Å². The number of primary amides is 2. The first kappa shape index (κ1) is 19.6. The smallest absolute Gasteiger partial charge is 0.252 e. The van der Waals surface area contributed by atoms with Gasteiger partial charge in [0.1, 0.15) is 0 Å². The van der Waals surface area contributed by atoms with E-state index in [9.17, 15) is 9.59 Å². The predicted octanol–water partition coefficient (Wildman–Crippen LogP) is 2.03. The highest BCUT2D eigenvalue weighted by Gasteiger charge is 2.23. The van der Waals surface area contributed by atoms with Gasteiger partial charge in [0.2, 0.25) is 5.91 Å². The van der Waals surface area contributed by atoms with Crippen LogP contribution in [0, 0.1) is 0 Å². The minimum absolute atomic E-state index is 0.0198. The van der Waals surface area contributed by atoms with Crippen molar-refractivity contribution in [2.75, 3.05) is 0 Å². The summed E-state index contributed by atoms with van der Waals surface area (Å²) in [4.78, 5) is 31.6. The fraction of sp³-hybridized carbons (Fsp3) is 0.0455. The molecular formula is C22H21N5O2. The molecule has 1 atom stereocenters. The summed E-state index contributed by atoms with van der Waals surface area (Å²) in [7, 11) is 0. The Morgan fingerprint density at radius 2 is 1.55 bits per heavy atom. The lowest BCUT2D eigenvalue weighted by Gasteiger charge is -2.13. The van der Waals surface area contributed by atoms with Crippen LogP contribution in [0.25, 0.3) is 11.1 Å². The molecule has 0 spiro atoms. The molecule has 7 heteroatoms. The first-order valence-corrected chi connectivity index (χ1v) is 8.89. The number of aromatic amines is 1. The highest BCUT2D eigenvalue weighted by molar-refractivity contribution is 6.27. The molecule has 0 aliphatic rings. The third kappa shape index (κ3) is 4.41. The van der Waals surface area contributed by atoms with Crippen molar-refractivity contribution in [1.82, 2.24) is 4.98 Å². The Kier molecular flexibility index (Phi) is 5.89. The van der Waals surface area contributed by atoms with Gasteiger partial charge in [-0.3, -0.25) is 14.6 Å². The highest BCUT2D eigenvalue weighted by atomic mass is 16.1. The van der Waals surface area contributed by atoms with E-state index < -0.39 is 17.9 Å². The quantitative estimate of drug-likeness (QED) is 0.364. The Morgan fingerprint density at radius 1 is 0.931 bits per heavy atom. The average Bonchev–Trinajstić information content (AvgIpc) is 3.22. The fourth-order valence-corrected chi connectivity index (χ4v) is 2.96. The van der Waals surface area contributed by atoms with Gasteiger partial charge in [0.15, 0.2) is 6.04 Å². The Bertz CT molecular complexity index is 1070. The standard InChI is InChI=1S/C22H21N5O2/c23-12-17(21(24)28)20(27-19(22(25)29)15-9-5-2-6-10-15)18-11-16(13-26-18)14-7-3-1-4-8-14/h1-13,19,26H,23H2,(H2,24,28)(H2,25,29)/t19-/m0/s1. The highest BCUT2D eigenvalue weighted by Crippen LogP contribution is 2.24. The number of aromatic nitrogens is 1. The maximum atomic E-state index is 12.1. The number of nitrogens with zero attached hydrogens (tertiary/aromatic N) is 1. The molecule has 0 saturated heterocycles. The van der Waals surface area contributed by atoms with Crippen molar-refractivity contribution >= 4 is 17.5 Å². The molecule has 7 nitrogen and oxygen atoms in total. The summed E-state index contributed by atoms with van der Waals surface area (Å²) < 4.78 is 0. The number of rotatable bonds is 7. The van der Waals surface area contributed by atoms with Crippen molar-refractivity contribution in [2.24, 2.45) is 22.2 Å². The number of carbonyl (C=O) groups excluding carboxylic acids is 2. The van der Waals surface area contributed by atoms with Crippen molar-refractivity contribution in [1.29, 1.82) is 0 Å². The van der Waals surface area contributed by atoms with Crippen LogP contribution < -0.4 is 17.2 Å². The van der Waals surface area contributed by atoms with Gasteiger partial charge < -0.3 is 22.2 Å². The van der Waals surface area contributed by atoms with E-state index in [0.717, 1.165) is 17.3 Å². The summed E-state index contributed by atoms with van der Waals surface area (Å²) in [5, 5.41) is 0. The van der Waals surface area contributed by atoms with Gasteiger partial charge in [-0.1, -0.05) is 60.7 Å². The number of carbonyl (C=O) groups is 2. The lowest BCUT2D eigenvalue weighted by atomic mass is 10.0. The molecule has 2 amide bonds. The SMILES string of the molecule is NC=C(C(N)=O)C(=N[C@H](C(N)=O)c1ccccc1)c1cc(-c2ccccc2)c[nH]1. The zero-order valence-electron chi connectivity index (χ0n) is 15.6. The van der Waals surface area contributed by atoms with Crippen molar-refractivity contribution in [2.45, 2.75) is 6.04 Å². The van der Waals surface area contributed by atoms with Crippen molar-refractivity contribution in [3.05, 3.63) is 96.0 Å². The molecule has 2 aromatic carbocycles. The molecule has 0 saturated carbocycles. The van der Waals surface area contributed by atoms with Crippen LogP contribution in [0.1, 0.15) is 17.3 Å². The summed E-state index contributed by atoms with van der Waals surface area (Å²) in [5.74, 6) is -1.43. The van der Waals surface area contributed by atoms with Crippen LogP contribution in [0.3, 0.4) is 0 Å². The van der Waals surface area contributed by atoms with Gasteiger partial charge in [-0.25, -0.2) is 0 Å². The molecule has 1 heterocycles. The zero-order chi connectivity index (χ0) is 20.8. The molecule has 0 aliphatic heterocycles. The second kappa shape index (κ2) is 8.71. The molecular weight excluding hydrogens is 366 g/mol. The van der Waals surface area contributed by atoms with E-state index in [1.54, 1.807) is 30.5 Å². The molecule has 0 aliphatic carbocycles. The number of H-pyrrole nitrogens is 1. The Balaban J connectivity index is 2.13. The zero-order valence-corrected chi connectivity index (χ0v) is 15.6. The molecule has 0 fully saturated rings. The Hall–Kier alpha value is -4.13. The van der Waals surface area contributed by atoms with Crippen LogP contribution in [-0.4, -0.2) is 22.5 Å². The number of amides is 2. The van der Waals surface area contributed by atoms with E-state index in [4.69, 9.17) is 17.2 Å². The molecule has 3 rings (SSSR count). The van der Waals surface area contributed by atoms with Crippen LogP contribution >= 0.6 is 0 Å². The minimum atomic E-state index is -1.01. The normalized spacial score (nSPS) is 13.1. The number of nitrogens with two attached hydrogens (primary N) is 3. The number of hydrogen-bond acceptors (Lipinski definition) is 4. The Morgan fingerprint density at radius 3 is 2.10 bits per heavy atom. The second-order valence-electron chi connectivity index (χ2n) is 6.31. The topological polar surface area (TPSA) is 140 Å². The van der Waals surface area contributed by atoms with Crippen molar-refractivity contribution < 1.29 is 9.59 Å². The maximum absolute atomic E-state index is 12.1. The van der Waals surface area contributed by atoms with E-state index in [1.807, 2.05) is 42.5 Å². The van der Waals surface area contributed by atoms with Crippen LogP contribution in [0.15, 0.2) is 89.7 Å². The average molecular weight is 387 g/mol. The van der Waals surface area contributed by atoms with Crippen LogP contribution in [0.4, 0.5) is 0 Å². The van der Waals surface area contributed by atoms with Crippen LogP contribution in [0.2, 0.25) is 0 Å². The summed E-state index contributed by atoms with van der Waals surface area (Å²) in [6, 6.07) is 19.3. The summed E-state index contributed by atoms with van der Waals surface area (Å²) in [6.07, 6.45) is 2.85. The molecule has 29 heavy (non-hydrogen) atoms. The van der Waals surface area contributed by atoms with Crippen LogP contribution in [0.5, 0.6) is 0 Å². The van der Waals surface area contributed by atoms with Crippen LogP contribution in [-0.2, 0) is 9.59 Å². The van der Waals surface area contributed by atoms with Gasteiger partial charge in [-0.2, -0.15) is 0 Å². The number of aliphatic imine (C=N–C) groups is 1. The van der Waals surface area contributed by atoms with Gasteiger partial charge in [0.05, 0.1) is 17.0 Å². The first-order valence-electron chi connectivity index (χ1n) is 8.89. The third-order valence-electron chi connectivity index (χ3n) is 4.38. The Labute approximate surface area is 167 Å². The maximum Gasteiger partial charge on any atom is 0.252 e. The third-order valence-corrected chi connectivity index (χ3v) is 4.38. The predicted molar refractivity (Wildman–Crippen MR) is 113 cm³/mol. The lowest BCUT2D eigenvalue weighted by Crippen LogP contribution is -2.26. The molecule has 1 aromatic heterocycles. The van der Waals surface area contributed by atoms with Crippen molar-refractivity contribution in [3.63, 3.8) is 0 Å². The van der Waals surface area contributed by atoms with Gasteiger partial charge in [0, 0.05) is 12.4 Å². The van der Waals surface area contributed by atoms with Gasteiger partial charge >= 0.3 is 0 Å². The van der Waals surface area contributed by atoms with E-state index in [-0.39, 0.29) is 11.3 Å². The molecule has 0 unspecified atom stereocenters.